The highest BCUT2D eigenvalue weighted by molar-refractivity contribution is 7.13. The predicted octanol–water partition coefficient (Wildman–Crippen LogP) is 5.52. The van der Waals surface area contributed by atoms with Gasteiger partial charge in [-0.3, -0.25) is 14.6 Å². The Labute approximate surface area is 199 Å². The summed E-state index contributed by atoms with van der Waals surface area (Å²) in [7, 11) is 0. The molecule has 2 amide bonds. The Morgan fingerprint density at radius 1 is 1.06 bits per heavy atom. The molecule has 0 spiro atoms. The van der Waals surface area contributed by atoms with Gasteiger partial charge in [0.2, 0.25) is 11.8 Å². The zero-order valence-electron chi connectivity index (χ0n) is 17.4. The molecule has 2 aromatic carbocycles. The summed E-state index contributed by atoms with van der Waals surface area (Å²) < 4.78 is 0. The Bertz CT molecular complexity index is 1310. The predicted molar refractivity (Wildman–Crippen MR) is 131 cm³/mol. The number of thiazole rings is 1. The molecule has 2 aromatic heterocycles. The minimum absolute atomic E-state index is 0.0719. The van der Waals surface area contributed by atoms with Crippen molar-refractivity contribution >= 4 is 46.1 Å². The van der Waals surface area contributed by atoms with Crippen LogP contribution in [0.1, 0.15) is 6.42 Å². The van der Waals surface area contributed by atoms with Crippen molar-refractivity contribution in [1.29, 1.82) is 0 Å². The van der Waals surface area contributed by atoms with Gasteiger partial charge in [0.1, 0.15) is 5.01 Å². The van der Waals surface area contributed by atoms with E-state index >= 15 is 0 Å². The molecule has 164 valence electrons. The molecule has 0 aliphatic carbocycles. The monoisotopic (exact) mass is 474 g/mol. The van der Waals surface area contributed by atoms with Crippen LogP contribution in [-0.2, 0) is 9.59 Å². The lowest BCUT2D eigenvalue weighted by molar-refractivity contribution is -0.122. The number of halogens is 1. The van der Waals surface area contributed by atoms with Gasteiger partial charge in [-0.05, 0) is 48.5 Å². The van der Waals surface area contributed by atoms with Gasteiger partial charge in [-0.15, -0.1) is 11.3 Å². The standard InChI is InChI=1S/C25H19ClN4O2S/c26-19-4-6-21(7-5-19)30-14-18(13-23(30)31)24(32)28-20-3-1-2-17(12-20)22-15-33-25(29-22)16-8-10-27-11-9-16/h1-12,15,18H,13-14H2,(H,28,32). The van der Waals surface area contributed by atoms with Crippen molar-refractivity contribution in [3.05, 3.63) is 83.5 Å². The SMILES string of the molecule is O=C(Nc1cccc(-c2csc(-c3ccncc3)n2)c1)C1CC(=O)N(c2ccc(Cl)cc2)C1. The van der Waals surface area contributed by atoms with Gasteiger partial charge in [-0.25, -0.2) is 4.98 Å². The van der Waals surface area contributed by atoms with Crippen LogP contribution in [0.4, 0.5) is 11.4 Å². The number of anilines is 2. The zero-order valence-corrected chi connectivity index (χ0v) is 19.0. The molecule has 3 heterocycles. The second kappa shape index (κ2) is 9.13. The first-order valence-electron chi connectivity index (χ1n) is 10.4. The van der Waals surface area contributed by atoms with Crippen molar-refractivity contribution in [1.82, 2.24) is 9.97 Å². The van der Waals surface area contributed by atoms with Crippen molar-refractivity contribution < 1.29 is 9.59 Å². The summed E-state index contributed by atoms with van der Waals surface area (Å²) in [4.78, 5) is 35.8. The number of rotatable bonds is 5. The number of benzene rings is 2. The normalized spacial score (nSPS) is 15.6. The number of amides is 2. The first-order chi connectivity index (χ1) is 16.1. The van der Waals surface area contributed by atoms with Crippen molar-refractivity contribution in [2.45, 2.75) is 6.42 Å². The van der Waals surface area contributed by atoms with Gasteiger partial charge in [0, 0.05) is 58.3 Å². The number of nitrogens with zero attached hydrogens (tertiary/aromatic N) is 3. The molecule has 0 bridgehead atoms. The minimum Gasteiger partial charge on any atom is -0.326 e. The average molecular weight is 475 g/mol. The lowest BCUT2D eigenvalue weighted by Crippen LogP contribution is -2.28. The second-order valence-electron chi connectivity index (χ2n) is 7.73. The maximum Gasteiger partial charge on any atom is 0.229 e. The van der Waals surface area contributed by atoms with Crippen LogP contribution >= 0.6 is 22.9 Å². The molecule has 1 aliphatic rings. The third-order valence-electron chi connectivity index (χ3n) is 5.49. The first-order valence-corrected chi connectivity index (χ1v) is 11.7. The highest BCUT2D eigenvalue weighted by atomic mass is 35.5. The molecule has 1 atom stereocenters. The van der Waals surface area contributed by atoms with E-state index in [4.69, 9.17) is 16.6 Å². The van der Waals surface area contributed by atoms with Gasteiger partial charge in [-0.1, -0.05) is 23.7 Å². The molecule has 4 aromatic rings. The maximum atomic E-state index is 12.9. The molecule has 6 nitrogen and oxygen atoms in total. The fourth-order valence-corrected chi connectivity index (χ4v) is 4.75. The van der Waals surface area contributed by atoms with E-state index in [1.165, 1.54) is 0 Å². The second-order valence-corrected chi connectivity index (χ2v) is 9.02. The first kappa shape index (κ1) is 21.3. The Morgan fingerprint density at radius 3 is 2.64 bits per heavy atom. The van der Waals surface area contributed by atoms with E-state index in [1.54, 1.807) is 52.9 Å². The molecule has 8 heteroatoms. The van der Waals surface area contributed by atoms with Gasteiger partial charge in [0.15, 0.2) is 0 Å². The number of nitrogens with one attached hydrogen (secondary N) is 1. The van der Waals surface area contributed by atoms with Crippen LogP contribution in [0.2, 0.25) is 5.02 Å². The third-order valence-corrected chi connectivity index (χ3v) is 6.63. The Morgan fingerprint density at radius 2 is 1.85 bits per heavy atom. The molecule has 0 saturated carbocycles. The minimum atomic E-state index is -0.422. The third kappa shape index (κ3) is 4.65. The van der Waals surface area contributed by atoms with E-state index in [0.29, 0.717) is 17.3 Å². The van der Waals surface area contributed by atoms with Crippen molar-refractivity contribution in [2.75, 3.05) is 16.8 Å². The largest absolute Gasteiger partial charge is 0.326 e. The van der Waals surface area contributed by atoms with Crippen LogP contribution < -0.4 is 10.2 Å². The molecule has 1 N–H and O–H groups in total. The van der Waals surface area contributed by atoms with E-state index in [0.717, 1.165) is 27.5 Å². The van der Waals surface area contributed by atoms with Gasteiger partial charge in [0.05, 0.1) is 11.6 Å². The molecule has 5 rings (SSSR count). The van der Waals surface area contributed by atoms with Gasteiger partial charge < -0.3 is 10.2 Å². The van der Waals surface area contributed by atoms with Crippen molar-refractivity contribution in [2.24, 2.45) is 5.92 Å². The molecule has 1 unspecified atom stereocenters. The fourth-order valence-electron chi connectivity index (χ4n) is 3.79. The number of aromatic nitrogens is 2. The van der Waals surface area contributed by atoms with E-state index in [1.807, 2.05) is 41.8 Å². The molecule has 33 heavy (non-hydrogen) atoms. The van der Waals surface area contributed by atoms with Crippen LogP contribution in [0, 0.1) is 5.92 Å². The topological polar surface area (TPSA) is 75.2 Å². The van der Waals surface area contributed by atoms with Crippen molar-refractivity contribution in [3.63, 3.8) is 0 Å². The molecular weight excluding hydrogens is 456 g/mol. The summed E-state index contributed by atoms with van der Waals surface area (Å²) in [5.74, 6) is -0.667. The lowest BCUT2D eigenvalue weighted by atomic mass is 10.1. The van der Waals surface area contributed by atoms with Gasteiger partial charge in [-0.2, -0.15) is 0 Å². The fraction of sp³-hybridized carbons (Fsp3) is 0.120. The van der Waals surface area contributed by atoms with Crippen LogP contribution in [0.15, 0.2) is 78.4 Å². The Kier molecular flexibility index (Phi) is 5.90. The maximum absolute atomic E-state index is 12.9. The summed E-state index contributed by atoms with van der Waals surface area (Å²) in [5.41, 5.74) is 4.19. The van der Waals surface area contributed by atoms with Crippen molar-refractivity contribution in [3.8, 4) is 21.8 Å². The number of carbonyl (C=O) groups is 2. The van der Waals surface area contributed by atoms with E-state index in [9.17, 15) is 9.59 Å². The summed E-state index contributed by atoms with van der Waals surface area (Å²) in [6.45, 7) is 0.341. The Balaban J connectivity index is 1.28. The number of hydrogen-bond acceptors (Lipinski definition) is 5. The molecule has 0 radical (unpaired) electrons. The molecule has 1 saturated heterocycles. The van der Waals surface area contributed by atoms with Crippen LogP contribution in [0.5, 0.6) is 0 Å². The molecule has 1 aliphatic heterocycles. The van der Waals surface area contributed by atoms with Crippen LogP contribution in [-0.4, -0.2) is 28.3 Å². The highest BCUT2D eigenvalue weighted by Gasteiger charge is 2.35. The summed E-state index contributed by atoms with van der Waals surface area (Å²) in [5, 5.41) is 6.47. The number of pyridine rings is 1. The smallest absolute Gasteiger partial charge is 0.229 e. The lowest BCUT2D eigenvalue weighted by Gasteiger charge is -2.17. The Hall–Kier alpha value is -3.55. The van der Waals surface area contributed by atoms with E-state index < -0.39 is 5.92 Å². The number of carbonyl (C=O) groups excluding carboxylic acids is 2. The highest BCUT2D eigenvalue weighted by Crippen LogP contribution is 2.31. The van der Waals surface area contributed by atoms with E-state index in [-0.39, 0.29) is 18.2 Å². The van der Waals surface area contributed by atoms with Crippen LogP contribution in [0.25, 0.3) is 21.8 Å². The molecule has 1 fully saturated rings. The summed E-state index contributed by atoms with van der Waals surface area (Å²) in [6.07, 6.45) is 3.66. The van der Waals surface area contributed by atoms with Gasteiger partial charge in [0.25, 0.3) is 0 Å². The summed E-state index contributed by atoms with van der Waals surface area (Å²) >= 11 is 7.50. The number of hydrogen-bond donors (Lipinski definition) is 1. The average Bonchev–Trinajstić information content (AvgIpc) is 3.48. The van der Waals surface area contributed by atoms with E-state index in [2.05, 4.69) is 10.3 Å². The molecular formula is C25H19ClN4O2S. The zero-order chi connectivity index (χ0) is 22.8. The summed E-state index contributed by atoms with van der Waals surface area (Å²) in [6, 6.07) is 18.5. The van der Waals surface area contributed by atoms with Crippen LogP contribution in [0.3, 0.4) is 0 Å². The van der Waals surface area contributed by atoms with Gasteiger partial charge >= 0.3 is 0 Å². The quantitative estimate of drug-likeness (QED) is 0.413.